The fourth-order valence-corrected chi connectivity index (χ4v) is 0.741. The van der Waals surface area contributed by atoms with Gasteiger partial charge in [0.25, 0.3) is 0 Å². The van der Waals surface area contributed by atoms with Gasteiger partial charge in [-0.15, -0.1) is 11.3 Å². The van der Waals surface area contributed by atoms with Crippen LogP contribution in [0.3, 0.4) is 0 Å². The van der Waals surface area contributed by atoms with Crippen LogP contribution in [0.5, 0.6) is 0 Å². The number of thiazole rings is 1. The Kier molecular flexibility index (Phi) is 1.36. The maximum Gasteiger partial charge on any atom is 0.152 e. The molecule has 0 aliphatic carbocycles. The van der Waals surface area contributed by atoms with Crippen molar-refractivity contribution in [1.82, 2.24) is 4.98 Å². The molecule has 0 fully saturated rings. The molecule has 1 aromatic heterocycles. The van der Waals surface area contributed by atoms with Crippen LogP contribution in [0.2, 0.25) is 0 Å². The Hall–Kier alpha value is -0.440. The van der Waals surface area contributed by atoms with E-state index in [2.05, 4.69) is 10.5 Å². The van der Waals surface area contributed by atoms with Gasteiger partial charge in [-0.1, -0.05) is 0 Å². The monoisotopic (exact) mass is 116 g/mol. The fraction of sp³-hybridized carbons (Fsp3) is 0.250. The van der Waals surface area contributed by atoms with Gasteiger partial charge in [0.1, 0.15) is 6.67 Å². The molecular weight excluding hydrogens is 113 g/mol. The molecule has 0 aliphatic heterocycles. The van der Waals surface area contributed by atoms with Gasteiger partial charge in [0.05, 0.1) is 5.69 Å². The Labute approximate surface area is 44.8 Å². The van der Waals surface area contributed by atoms with Gasteiger partial charge < -0.3 is 0 Å². The summed E-state index contributed by atoms with van der Waals surface area (Å²) in [7, 11) is 0. The van der Waals surface area contributed by atoms with E-state index in [4.69, 9.17) is 0 Å². The lowest BCUT2D eigenvalue weighted by atomic mass is 10.6. The van der Waals surface area contributed by atoms with Crippen molar-refractivity contribution in [2.75, 3.05) is 0 Å². The molecule has 0 atom stereocenters. The average molecular weight is 116 g/mol. The van der Waals surface area contributed by atoms with Crippen LogP contribution in [-0.2, 0) is 6.67 Å². The van der Waals surface area contributed by atoms with Crippen molar-refractivity contribution < 1.29 is 4.39 Å². The zero-order valence-electron chi connectivity index (χ0n) is 3.52. The minimum Gasteiger partial charge on any atom is -0.244 e. The molecule has 0 bridgehead atoms. The zero-order valence-corrected chi connectivity index (χ0v) is 4.33. The van der Waals surface area contributed by atoms with E-state index >= 15 is 0 Å². The third-order valence-corrected chi connectivity index (χ3v) is 1.16. The number of aromatic nitrogens is 1. The molecule has 3 heteroatoms. The third kappa shape index (κ3) is 0.962. The Morgan fingerprint density at radius 2 is 2.86 bits per heavy atom. The van der Waals surface area contributed by atoms with E-state index in [9.17, 15) is 4.39 Å². The second kappa shape index (κ2) is 2.02. The molecule has 1 nitrogen and oxygen atoms in total. The first-order valence-electron chi connectivity index (χ1n) is 1.80. The summed E-state index contributed by atoms with van der Waals surface area (Å²) in [5.41, 5.74) is 3.01. The normalized spacial score (nSPS) is 9.29. The molecule has 0 unspecified atom stereocenters. The number of hydrogen-bond acceptors (Lipinski definition) is 2. The molecule has 1 heterocycles. The molecule has 0 amide bonds. The van der Waals surface area contributed by atoms with Crippen LogP contribution < -0.4 is 0 Å². The summed E-state index contributed by atoms with van der Waals surface area (Å²) in [6.07, 6.45) is 0. The van der Waals surface area contributed by atoms with Gasteiger partial charge in [0, 0.05) is 5.38 Å². The van der Waals surface area contributed by atoms with E-state index in [0.717, 1.165) is 0 Å². The molecule has 7 heavy (non-hydrogen) atoms. The first-order valence-corrected chi connectivity index (χ1v) is 2.68. The van der Waals surface area contributed by atoms with Crippen molar-refractivity contribution in [2.45, 2.75) is 6.67 Å². The Morgan fingerprint density at radius 1 is 2.00 bits per heavy atom. The predicted octanol–water partition coefficient (Wildman–Crippen LogP) is 1.41. The first-order chi connectivity index (χ1) is 3.43. The van der Waals surface area contributed by atoms with Crippen LogP contribution in [0.4, 0.5) is 4.39 Å². The van der Waals surface area contributed by atoms with Crippen LogP contribution in [-0.4, -0.2) is 4.98 Å². The summed E-state index contributed by atoms with van der Waals surface area (Å²) in [6.45, 7) is -0.472. The van der Waals surface area contributed by atoms with E-state index in [-0.39, 0.29) is 0 Å². The fourth-order valence-electron chi connectivity index (χ4n) is 0.267. The van der Waals surface area contributed by atoms with Crippen LogP contribution in [0.25, 0.3) is 0 Å². The standard InChI is InChI=1S/C4H3FNS/c5-1-4-2-7-3-6-4/h2H,1H2. The zero-order chi connectivity index (χ0) is 5.11. The van der Waals surface area contributed by atoms with Crippen LogP contribution in [0, 0.1) is 5.51 Å². The van der Waals surface area contributed by atoms with Gasteiger partial charge in [-0.25, -0.2) is 9.37 Å². The quantitative estimate of drug-likeness (QED) is 0.540. The molecular formula is C4H3FNS. The lowest BCUT2D eigenvalue weighted by molar-refractivity contribution is 0.477. The highest BCUT2D eigenvalue weighted by atomic mass is 32.1. The van der Waals surface area contributed by atoms with Crippen molar-refractivity contribution in [1.29, 1.82) is 0 Å². The number of nitrogens with zero attached hydrogens (tertiary/aromatic N) is 1. The van der Waals surface area contributed by atoms with Crippen molar-refractivity contribution in [3.05, 3.63) is 16.6 Å². The third-order valence-electron chi connectivity index (χ3n) is 0.574. The maximum absolute atomic E-state index is 11.5. The SMILES string of the molecule is FCc1cs[c]n1. The largest absolute Gasteiger partial charge is 0.244 e. The molecule has 0 spiro atoms. The molecule has 1 aromatic rings. The molecule has 0 aromatic carbocycles. The second-order valence-electron chi connectivity index (χ2n) is 1.06. The smallest absolute Gasteiger partial charge is 0.152 e. The van der Waals surface area contributed by atoms with Crippen molar-refractivity contribution >= 4 is 11.3 Å². The van der Waals surface area contributed by atoms with E-state index < -0.39 is 6.67 Å². The second-order valence-corrected chi connectivity index (χ2v) is 1.72. The minimum atomic E-state index is -0.472. The van der Waals surface area contributed by atoms with Crippen LogP contribution in [0.15, 0.2) is 5.38 Å². The van der Waals surface area contributed by atoms with Crippen molar-refractivity contribution in [2.24, 2.45) is 0 Å². The molecule has 1 rings (SSSR count). The number of rotatable bonds is 1. The average Bonchev–Trinajstić information content (AvgIpc) is 2.14. The summed E-state index contributed by atoms with van der Waals surface area (Å²) in [6, 6.07) is 0. The lowest BCUT2D eigenvalue weighted by Crippen LogP contribution is -1.71. The number of alkyl halides is 1. The summed E-state index contributed by atoms with van der Waals surface area (Å²) in [4.78, 5) is 3.55. The van der Waals surface area contributed by atoms with Crippen LogP contribution >= 0.6 is 11.3 Å². The highest BCUT2D eigenvalue weighted by Gasteiger charge is 1.88. The van der Waals surface area contributed by atoms with E-state index in [0.29, 0.717) is 5.69 Å². The van der Waals surface area contributed by atoms with E-state index in [1.54, 1.807) is 5.38 Å². The Bertz CT molecular complexity index is 126. The van der Waals surface area contributed by atoms with E-state index in [1.165, 1.54) is 11.3 Å². The van der Waals surface area contributed by atoms with Gasteiger partial charge in [-0.3, -0.25) is 0 Å². The summed E-state index contributed by atoms with van der Waals surface area (Å²) in [5.74, 6) is 0. The topological polar surface area (TPSA) is 12.9 Å². The Balaban J connectivity index is 2.76. The van der Waals surface area contributed by atoms with Gasteiger partial charge in [-0.05, 0) is 0 Å². The highest BCUT2D eigenvalue weighted by molar-refractivity contribution is 7.07. The molecule has 1 radical (unpaired) electrons. The molecule has 0 saturated carbocycles. The molecule has 0 N–H and O–H groups in total. The van der Waals surface area contributed by atoms with Gasteiger partial charge in [0.15, 0.2) is 5.51 Å². The van der Waals surface area contributed by atoms with Crippen molar-refractivity contribution in [3.8, 4) is 0 Å². The maximum atomic E-state index is 11.5. The number of halogens is 1. The van der Waals surface area contributed by atoms with Gasteiger partial charge >= 0.3 is 0 Å². The molecule has 0 saturated heterocycles. The highest BCUT2D eigenvalue weighted by Crippen LogP contribution is 1.99. The van der Waals surface area contributed by atoms with Gasteiger partial charge in [-0.2, -0.15) is 0 Å². The summed E-state index contributed by atoms with van der Waals surface area (Å²) >= 11 is 1.29. The van der Waals surface area contributed by atoms with Crippen LogP contribution in [0.1, 0.15) is 5.69 Å². The number of hydrogen-bond donors (Lipinski definition) is 0. The minimum absolute atomic E-state index is 0.472. The molecule has 37 valence electrons. The molecule has 0 aliphatic rings. The summed E-state index contributed by atoms with van der Waals surface area (Å²) < 4.78 is 11.5. The first kappa shape index (κ1) is 4.71. The van der Waals surface area contributed by atoms with E-state index in [1.807, 2.05) is 0 Å². The van der Waals surface area contributed by atoms with Crippen molar-refractivity contribution in [3.63, 3.8) is 0 Å². The van der Waals surface area contributed by atoms with Gasteiger partial charge in [0.2, 0.25) is 0 Å². The summed E-state index contributed by atoms with van der Waals surface area (Å²) in [5, 5.41) is 1.64. The predicted molar refractivity (Wildman–Crippen MR) is 25.8 cm³/mol. The lowest BCUT2D eigenvalue weighted by Gasteiger charge is -1.73. The Morgan fingerprint density at radius 3 is 3.14 bits per heavy atom.